The van der Waals surface area contributed by atoms with E-state index in [-0.39, 0.29) is 12.3 Å². The summed E-state index contributed by atoms with van der Waals surface area (Å²) in [5.41, 5.74) is 0. The Hall–Kier alpha value is 0.310. The fraction of sp³-hybridized carbons (Fsp3) is 1.00. The van der Waals surface area contributed by atoms with Crippen LogP contribution in [-0.2, 0) is 0 Å². The summed E-state index contributed by atoms with van der Waals surface area (Å²) in [6, 6.07) is 0. The zero-order valence-electron chi connectivity index (χ0n) is 9.33. The molecule has 0 heterocycles. The van der Waals surface area contributed by atoms with Crippen LogP contribution >= 0.6 is 7.28 Å². The van der Waals surface area contributed by atoms with E-state index in [2.05, 4.69) is 6.92 Å². The van der Waals surface area contributed by atoms with Crippen molar-refractivity contribution in [1.29, 1.82) is 0 Å². The van der Waals surface area contributed by atoms with E-state index in [1.807, 2.05) is 0 Å². The van der Waals surface area contributed by atoms with Crippen molar-refractivity contribution in [3.8, 4) is 0 Å². The summed E-state index contributed by atoms with van der Waals surface area (Å²) in [6.07, 6.45) is 5.56. The quantitative estimate of drug-likeness (QED) is 0.448. The van der Waals surface area contributed by atoms with E-state index in [4.69, 9.17) is 0 Å². The van der Waals surface area contributed by atoms with Gasteiger partial charge in [-0.2, -0.15) is 0 Å². The Balaban J connectivity index is 3.45. The third kappa shape index (κ3) is 7.69. The first-order chi connectivity index (χ1) is 6.39. The van der Waals surface area contributed by atoms with Gasteiger partial charge < -0.3 is 0 Å². The standard InChI is InChI=1S/C10H22O3P/c1-3-5-6-7-8-9-10-14(11,12,13)4-2/h3-10H2,1-2H3/q-3. The van der Waals surface area contributed by atoms with Crippen molar-refractivity contribution in [2.75, 3.05) is 12.3 Å². The third-order valence-electron chi connectivity index (χ3n) is 2.55. The molecule has 0 radical (unpaired) electrons. The van der Waals surface area contributed by atoms with Crippen LogP contribution in [0.25, 0.3) is 0 Å². The predicted octanol–water partition coefficient (Wildman–Crippen LogP) is 0.746. The molecule has 14 heavy (non-hydrogen) atoms. The van der Waals surface area contributed by atoms with E-state index in [1.54, 1.807) is 0 Å². The first-order valence-electron chi connectivity index (χ1n) is 5.59. The number of rotatable bonds is 8. The fourth-order valence-corrected chi connectivity index (χ4v) is 2.51. The van der Waals surface area contributed by atoms with Crippen molar-refractivity contribution in [2.45, 2.75) is 52.4 Å². The normalized spacial score (nSPS) is 15.1. The van der Waals surface area contributed by atoms with Gasteiger partial charge in [0, 0.05) is 0 Å². The van der Waals surface area contributed by atoms with Gasteiger partial charge in [0.1, 0.15) is 0 Å². The molecular weight excluding hydrogens is 199 g/mol. The minimum atomic E-state index is -4.95. The van der Waals surface area contributed by atoms with Crippen molar-refractivity contribution in [3.63, 3.8) is 0 Å². The summed E-state index contributed by atoms with van der Waals surface area (Å²) in [4.78, 5) is 33.5. The molecule has 0 N–H and O–H groups in total. The maximum atomic E-state index is 11.2. The molecule has 0 bridgehead atoms. The molecule has 0 aromatic heterocycles. The Morgan fingerprint density at radius 3 is 1.79 bits per heavy atom. The molecule has 0 aromatic rings. The van der Waals surface area contributed by atoms with Crippen molar-refractivity contribution in [1.82, 2.24) is 0 Å². The van der Waals surface area contributed by atoms with Crippen molar-refractivity contribution in [2.24, 2.45) is 0 Å². The minimum absolute atomic E-state index is 0.159. The van der Waals surface area contributed by atoms with Crippen LogP contribution in [0.4, 0.5) is 0 Å². The second kappa shape index (κ2) is 6.02. The first-order valence-corrected chi connectivity index (χ1v) is 7.95. The molecule has 0 saturated carbocycles. The summed E-state index contributed by atoms with van der Waals surface area (Å²) in [7, 11) is -4.95. The Kier molecular flexibility index (Phi) is 6.15. The predicted molar refractivity (Wildman–Crippen MR) is 55.7 cm³/mol. The van der Waals surface area contributed by atoms with Gasteiger partial charge in [0.05, 0.1) is 0 Å². The molecular formula is C10H22O3P-3. The van der Waals surface area contributed by atoms with Crippen LogP contribution in [0.3, 0.4) is 0 Å². The number of hydrogen-bond donors (Lipinski definition) is 0. The van der Waals surface area contributed by atoms with Gasteiger partial charge in [0.25, 0.3) is 0 Å². The molecule has 0 unspecified atom stereocenters. The molecule has 0 aromatic carbocycles. The van der Waals surface area contributed by atoms with E-state index in [9.17, 15) is 14.7 Å². The van der Waals surface area contributed by atoms with Crippen LogP contribution in [0, 0.1) is 0 Å². The van der Waals surface area contributed by atoms with Gasteiger partial charge in [0.15, 0.2) is 0 Å². The molecule has 0 aliphatic heterocycles. The van der Waals surface area contributed by atoms with E-state index in [1.165, 1.54) is 19.8 Å². The summed E-state index contributed by atoms with van der Waals surface area (Å²) < 4.78 is 0. The Morgan fingerprint density at radius 1 is 0.786 bits per heavy atom. The molecule has 0 fully saturated rings. The number of unbranched alkanes of at least 4 members (excludes halogenated alkanes) is 5. The van der Waals surface area contributed by atoms with Crippen LogP contribution in [-0.4, -0.2) is 12.3 Å². The van der Waals surface area contributed by atoms with Gasteiger partial charge in [-0.1, -0.05) is 0 Å². The zero-order valence-corrected chi connectivity index (χ0v) is 10.2. The van der Waals surface area contributed by atoms with E-state index in [0.717, 1.165) is 19.3 Å². The van der Waals surface area contributed by atoms with Gasteiger partial charge in [0.2, 0.25) is 0 Å². The van der Waals surface area contributed by atoms with Crippen molar-refractivity contribution < 1.29 is 14.7 Å². The second-order valence-corrected chi connectivity index (χ2v) is 7.55. The van der Waals surface area contributed by atoms with Gasteiger partial charge in [-0.25, -0.2) is 0 Å². The Morgan fingerprint density at radius 2 is 1.29 bits per heavy atom. The topological polar surface area (TPSA) is 69.2 Å². The summed E-state index contributed by atoms with van der Waals surface area (Å²) >= 11 is 0. The summed E-state index contributed by atoms with van der Waals surface area (Å²) in [5, 5.41) is 0. The summed E-state index contributed by atoms with van der Waals surface area (Å²) in [6.45, 7) is 3.57. The molecule has 0 atom stereocenters. The molecule has 88 valence electrons. The zero-order chi connectivity index (χ0) is 11.1. The average Bonchev–Trinajstić information content (AvgIpc) is 2.11. The first kappa shape index (κ1) is 14.3. The van der Waals surface area contributed by atoms with E-state index < -0.39 is 7.28 Å². The van der Waals surface area contributed by atoms with Gasteiger partial charge in [-0.3, -0.25) is 0 Å². The fourth-order valence-electron chi connectivity index (χ4n) is 1.36. The van der Waals surface area contributed by atoms with Crippen LogP contribution in [0.1, 0.15) is 52.4 Å². The van der Waals surface area contributed by atoms with Crippen LogP contribution in [0.15, 0.2) is 0 Å². The third-order valence-corrected chi connectivity index (χ3v) is 4.96. The SMILES string of the molecule is CCCCCCCCP([O-])([O-])([O-])CC. The number of hydrogen-bond acceptors (Lipinski definition) is 3. The molecule has 0 aliphatic carbocycles. The van der Waals surface area contributed by atoms with Crippen LogP contribution in [0.2, 0.25) is 0 Å². The summed E-state index contributed by atoms with van der Waals surface area (Å²) in [5.74, 6) is 0. The van der Waals surface area contributed by atoms with E-state index >= 15 is 0 Å². The van der Waals surface area contributed by atoms with Gasteiger partial charge in [-0.15, -0.1) is 0 Å². The van der Waals surface area contributed by atoms with Crippen LogP contribution < -0.4 is 14.7 Å². The van der Waals surface area contributed by atoms with Crippen molar-refractivity contribution in [3.05, 3.63) is 0 Å². The van der Waals surface area contributed by atoms with Crippen molar-refractivity contribution >= 4 is 7.28 Å². The molecule has 0 saturated heterocycles. The Bertz CT molecular complexity index is 151. The molecule has 3 nitrogen and oxygen atoms in total. The van der Waals surface area contributed by atoms with Crippen LogP contribution in [0.5, 0.6) is 0 Å². The molecule has 0 spiro atoms. The Labute approximate surface area is 87.3 Å². The molecule has 0 rings (SSSR count). The molecule has 4 heteroatoms. The molecule has 0 amide bonds. The van der Waals surface area contributed by atoms with E-state index in [0.29, 0.717) is 6.42 Å². The second-order valence-electron chi connectivity index (χ2n) is 4.03. The average molecular weight is 221 g/mol. The maximum absolute atomic E-state index is 11.2. The van der Waals surface area contributed by atoms with Gasteiger partial charge in [-0.05, 0) is 0 Å². The van der Waals surface area contributed by atoms with Gasteiger partial charge >= 0.3 is 86.7 Å². The molecule has 0 aliphatic rings. The monoisotopic (exact) mass is 221 g/mol.